The Morgan fingerprint density at radius 1 is 1.39 bits per heavy atom. The molecule has 0 aromatic carbocycles. The molecule has 0 spiro atoms. The van der Waals surface area contributed by atoms with Crippen LogP contribution in [-0.2, 0) is 16.6 Å². The predicted octanol–water partition coefficient (Wildman–Crippen LogP) is 1.50. The zero-order valence-electron chi connectivity index (χ0n) is 10.6. The summed E-state index contributed by atoms with van der Waals surface area (Å²) in [5.41, 5.74) is 0.953. The van der Waals surface area contributed by atoms with E-state index in [2.05, 4.69) is 21.8 Å². The molecule has 18 heavy (non-hydrogen) atoms. The molecule has 2 heterocycles. The average molecular weight is 272 g/mol. The van der Waals surface area contributed by atoms with Gasteiger partial charge in [0.25, 0.3) is 0 Å². The molecule has 1 saturated heterocycles. The van der Waals surface area contributed by atoms with Gasteiger partial charge in [0.1, 0.15) is 0 Å². The lowest BCUT2D eigenvalue weighted by Gasteiger charge is -2.25. The molecule has 1 aromatic rings. The Morgan fingerprint density at radius 2 is 2.11 bits per heavy atom. The topological polar surface area (TPSA) is 78.1 Å². The molecule has 7 heteroatoms. The van der Waals surface area contributed by atoms with Gasteiger partial charge in [-0.1, -0.05) is 19.8 Å². The van der Waals surface area contributed by atoms with Gasteiger partial charge in [-0.3, -0.25) is 9.82 Å². The standard InChI is InChI=1S/C11H20N4O2S/c1-2-6-10-9-11(13-12-10)14-18(16,17)15-7-4-3-5-8-15/h9H,2-8H2,1H3,(H2,12,13,14). The normalized spacial score (nSPS) is 17.8. The highest BCUT2D eigenvalue weighted by atomic mass is 32.2. The van der Waals surface area contributed by atoms with Crippen molar-refractivity contribution in [2.45, 2.75) is 39.0 Å². The lowest BCUT2D eigenvalue weighted by molar-refractivity contribution is 0.349. The van der Waals surface area contributed by atoms with E-state index < -0.39 is 10.2 Å². The van der Waals surface area contributed by atoms with Crippen molar-refractivity contribution < 1.29 is 8.42 Å². The summed E-state index contributed by atoms with van der Waals surface area (Å²) in [6, 6.07) is 1.75. The smallest absolute Gasteiger partial charge is 0.280 e. The lowest BCUT2D eigenvalue weighted by atomic mass is 10.2. The van der Waals surface area contributed by atoms with Crippen molar-refractivity contribution in [2.75, 3.05) is 17.8 Å². The molecule has 0 radical (unpaired) electrons. The van der Waals surface area contributed by atoms with Gasteiger partial charge in [-0.15, -0.1) is 0 Å². The summed E-state index contributed by atoms with van der Waals surface area (Å²) in [7, 11) is -3.44. The van der Waals surface area contributed by atoms with E-state index in [0.29, 0.717) is 18.9 Å². The summed E-state index contributed by atoms with van der Waals surface area (Å²) < 4.78 is 28.2. The Labute approximate surface area is 108 Å². The third kappa shape index (κ3) is 3.23. The van der Waals surface area contributed by atoms with Gasteiger partial charge in [0.15, 0.2) is 5.82 Å². The summed E-state index contributed by atoms with van der Waals surface area (Å²) >= 11 is 0. The first-order valence-corrected chi connectivity index (χ1v) is 7.88. The molecule has 2 rings (SSSR count). The van der Waals surface area contributed by atoms with Crippen LogP contribution in [0.4, 0.5) is 5.82 Å². The van der Waals surface area contributed by atoms with Crippen molar-refractivity contribution in [3.63, 3.8) is 0 Å². The molecule has 1 aliphatic rings. The second kappa shape index (κ2) is 5.71. The number of piperidine rings is 1. The SMILES string of the molecule is CCCc1cc(NS(=O)(=O)N2CCCCC2)n[nH]1. The number of anilines is 1. The number of H-pyrrole nitrogens is 1. The van der Waals surface area contributed by atoms with Gasteiger partial charge in [-0.05, 0) is 19.3 Å². The van der Waals surface area contributed by atoms with E-state index in [1.54, 1.807) is 6.07 Å². The first-order chi connectivity index (χ1) is 8.62. The van der Waals surface area contributed by atoms with E-state index in [1.807, 2.05) is 0 Å². The largest absolute Gasteiger partial charge is 0.302 e. The van der Waals surface area contributed by atoms with Crippen LogP contribution in [0.1, 0.15) is 38.3 Å². The van der Waals surface area contributed by atoms with Crippen molar-refractivity contribution in [2.24, 2.45) is 0 Å². The highest BCUT2D eigenvalue weighted by Crippen LogP contribution is 2.16. The monoisotopic (exact) mass is 272 g/mol. The van der Waals surface area contributed by atoms with Crippen molar-refractivity contribution in [1.82, 2.24) is 14.5 Å². The van der Waals surface area contributed by atoms with Crippen molar-refractivity contribution >= 4 is 16.0 Å². The first kappa shape index (κ1) is 13.4. The quantitative estimate of drug-likeness (QED) is 0.852. The molecule has 0 atom stereocenters. The average Bonchev–Trinajstić information content (AvgIpc) is 2.77. The van der Waals surface area contributed by atoms with E-state index in [0.717, 1.165) is 37.8 Å². The number of nitrogens with zero attached hydrogens (tertiary/aromatic N) is 2. The number of aromatic amines is 1. The van der Waals surface area contributed by atoms with Gasteiger partial charge in [0, 0.05) is 24.8 Å². The number of rotatable bonds is 5. The number of hydrogen-bond donors (Lipinski definition) is 2. The molecule has 6 nitrogen and oxygen atoms in total. The van der Waals surface area contributed by atoms with E-state index in [1.165, 1.54) is 4.31 Å². The lowest BCUT2D eigenvalue weighted by Crippen LogP contribution is -2.39. The van der Waals surface area contributed by atoms with Crippen LogP contribution in [0.3, 0.4) is 0 Å². The molecule has 1 aliphatic heterocycles. The number of aromatic nitrogens is 2. The van der Waals surface area contributed by atoms with Crippen molar-refractivity contribution in [3.05, 3.63) is 11.8 Å². The molecule has 0 bridgehead atoms. The Hall–Kier alpha value is -1.08. The second-order valence-electron chi connectivity index (χ2n) is 4.60. The Balaban J connectivity index is 2.01. The van der Waals surface area contributed by atoms with Gasteiger partial charge in [0.2, 0.25) is 0 Å². The summed E-state index contributed by atoms with van der Waals surface area (Å²) in [6.07, 6.45) is 4.85. The number of hydrogen-bond acceptors (Lipinski definition) is 3. The van der Waals surface area contributed by atoms with Gasteiger partial charge in [0.05, 0.1) is 0 Å². The van der Waals surface area contributed by atoms with Crippen molar-refractivity contribution in [1.29, 1.82) is 0 Å². The highest BCUT2D eigenvalue weighted by Gasteiger charge is 2.24. The highest BCUT2D eigenvalue weighted by molar-refractivity contribution is 7.90. The first-order valence-electron chi connectivity index (χ1n) is 6.44. The van der Waals surface area contributed by atoms with E-state index in [-0.39, 0.29) is 0 Å². The summed E-state index contributed by atoms with van der Waals surface area (Å²) in [5, 5.41) is 6.81. The maximum Gasteiger partial charge on any atom is 0.302 e. The third-order valence-corrected chi connectivity index (χ3v) is 4.55. The zero-order chi connectivity index (χ0) is 13.0. The van der Waals surface area contributed by atoms with Crippen LogP contribution >= 0.6 is 0 Å². The van der Waals surface area contributed by atoms with Crippen LogP contribution in [0, 0.1) is 0 Å². The van der Waals surface area contributed by atoms with Crippen molar-refractivity contribution in [3.8, 4) is 0 Å². The van der Waals surface area contributed by atoms with Gasteiger partial charge >= 0.3 is 10.2 Å². The molecular formula is C11H20N4O2S. The minimum Gasteiger partial charge on any atom is -0.280 e. The minimum absolute atomic E-state index is 0.379. The van der Waals surface area contributed by atoms with Crippen LogP contribution in [0.25, 0.3) is 0 Å². The second-order valence-corrected chi connectivity index (χ2v) is 6.27. The summed E-state index contributed by atoms with van der Waals surface area (Å²) in [6.45, 7) is 3.27. The summed E-state index contributed by atoms with van der Waals surface area (Å²) in [5.74, 6) is 0.379. The Morgan fingerprint density at radius 3 is 2.78 bits per heavy atom. The fourth-order valence-electron chi connectivity index (χ4n) is 2.11. The Kier molecular flexibility index (Phi) is 4.23. The van der Waals surface area contributed by atoms with Crippen LogP contribution in [0.2, 0.25) is 0 Å². The maximum absolute atomic E-state index is 12.1. The molecule has 102 valence electrons. The van der Waals surface area contributed by atoms with Gasteiger partial charge in [-0.25, -0.2) is 0 Å². The summed E-state index contributed by atoms with van der Waals surface area (Å²) in [4.78, 5) is 0. The minimum atomic E-state index is -3.44. The molecule has 0 saturated carbocycles. The van der Waals surface area contributed by atoms with Crippen LogP contribution < -0.4 is 4.72 Å². The van der Waals surface area contributed by atoms with Crippen LogP contribution in [-0.4, -0.2) is 36.0 Å². The third-order valence-electron chi connectivity index (χ3n) is 3.04. The van der Waals surface area contributed by atoms with E-state index >= 15 is 0 Å². The number of aryl methyl sites for hydroxylation is 1. The predicted molar refractivity (Wildman–Crippen MR) is 70.5 cm³/mol. The molecule has 1 aromatic heterocycles. The molecule has 0 amide bonds. The molecular weight excluding hydrogens is 252 g/mol. The molecule has 2 N–H and O–H groups in total. The molecule has 0 unspecified atom stereocenters. The van der Waals surface area contributed by atoms with E-state index in [9.17, 15) is 8.42 Å². The van der Waals surface area contributed by atoms with E-state index in [4.69, 9.17) is 0 Å². The Bertz CT molecular complexity index is 477. The van der Waals surface area contributed by atoms with Gasteiger partial charge < -0.3 is 0 Å². The van der Waals surface area contributed by atoms with Gasteiger partial charge in [-0.2, -0.15) is 17.8 Å². The fraction of sp³-hybridized carbons (Fsp3) is 0.727. The maximum atomic E-state index is 12.1. The molecule has 0 aliphatic carbocycles. The van der Waals surface area contributed by atoms with Crippen LogP contribution in [0.15, 0.2) is 6.07 Å². The number of nitrogens with one attached hydrogen (secondary N) is 2. The fourth-order valence-corrected chi connectivity index (χ4v) is 3.35. The molecule has 1 fully saturated rings. The van der Waals surface area contributed by atoms with Crippen LogP contribution in [0.5, 0.6) is 0 Å². The zero-order valence-corrected chi connectivity index (χ0v) is 11.5.